The molecule has 0 bridgehead atoms. The Balaban J connectivity index is 1.87. The number of hydrogen-bond acceptors (Lipinski definition) is 5. The van der Waals surface area contributed by atoms with Crippen LogP contribution in [0, 0.1) is 6.92 Å². The Kier molecular flexibility index (Phi) is 5.05. The number of benzene rings is 1. The molecule has 1 unspecified atom stereocenters. The van der Waals surface area contributed by atoms with Crippen molar-refractivity contribution in [3.63, 3.8) is 0 Å². The van der Waals surface area contributed by atoms with E-state index in [-0.39, 0.29) is 22.4 Å². The van der Waals surface area contributed by atoms with Crippen LogP contribution in [0.4, 0.5) is 8.78 Å². The van der Waals surface area contributed by atoms with Gasteiger partial charge in [-0.2, -0.15) is 13.8 Å². The Morgan fingerprint density at radius 1 is 1.28 bits per heavy atom. The van der Waals surface area contributed by atoms with E-state index in [4.69, 9.17) is 4.74 Å². The van der Waals surface area contributed by atoms with Crippen LogP contribution in [0.25, 0.3) is 11.0 Å². The second-order valence-electron chi connectivity index (χ2n) is 5.26. The van der Waals surface area contributed by atoms with Gasteiger partial charge in [-0.1, -0.05) is 6.07 Å². The molecule has 0 spiro atoms. The first kappa shape index (κ1) is 17.4. The molecule has 25 heavy (non-hydrogen) atoms. The number of ether oxygens (including phenoxy) is 2. The zero-order chi connectivity index (χ0) is 18.0. The van der Waals surface area contributed by atoms with Gasteiger partial charge in [-0.05, 0) is 18.6 Å². The van der Waals surface area contributed by atoms with Crippen molar-refractivity contribution < 1.29 is 22.8 Å². The number of aromatic nitrogens is 3. The van der Waals surface area contributed by atoms with Gasteiger partial charge >= 0.3 is 11.8 Å². The Morgan fingerprint density at radius 3 is 2.72 bits per heavy atom. The van der Waals surface area contributed by atoms with Crippen LogP contribution in [0.15, 0.2) is 35.6 Å². The normalized spacial score (nSPS) is 12.6. The summed E-state index contributed by atoms with van der Waals surface area (Å²) < 4.78 is 46.9. The van der Waals surface area contributed by atoms with Gasteiger partial charge in [0.2, 0.25) is 0 Å². The number of aryl methyl sites for hydroxylation is 1. The van der Waals surface area contributed by atoms with Crippen LogP contribution < -0.4 is 9.47 Å². The number of rotatable bonds is 6. The fraction of sp³-hybridized carbons (Fsp3) is 0.250. The van der Waals surface area contributed by atoms with E-state index in [0.717, 1.165) is 5.56 Å². The van der Waals surface area contributed by atoms with Crippen LogP contribution in [0.3, 0.4) is 0 Å². The number of pyridine rings is 1. The van der Waals surface area contributed by atoms with Gasteiger partial charge in [-0.3, -0.25) is 9.97 Å². The molecule has 0 aliphatic carbocycles. The Morgan fingerprint density at radius 2 is 2.08 bits per heavy atom. The molecular formula is C16H15F2N3O3S. The molecule has 3 aromatic rings. The second kappa shape index (κ2) is 7.24. The highest BCUT2D eigenvalue weighted by molar-refractivity contribution is 7.90. The number of hydrogen-bond donors (Lipinski definition) is 1. The molecule has 1 N–H and O–H groups in total. The predicted octanol–water partition coefficient (Wildman–Crippen LogP) is 3.18. The Bertz CT molecular complexity index is 871. The van der Waals surface area contributed by atoms with Crippen molar-refractivity contribution in [2.75, 3.05) is 7.11 Å². The molecule has 1 atom stereocenters. The summed E-state index contributed by atoms with van der Waals surface area (Å²) in [5, 5.41) is 0.230. The maximum Gasteiger partial charge on any atom is 0.387 e. The topological polar surface area (TPSA) is 83.1 Å². The van der Waals surface area contributed by atoms with Gasteiger partial charge in [-0.25, -0.2) is 0 Å². The molecule has 0 aliphatic rings. The first-order valence-corrected chi connectivity index (χ1v) is 8.60. The minimum Gasteiger partial charge on any atom is -0.609 e. The number of methoxy groups -OCH3 is 1. The van der Waals surface area contributed by atoms with Crippen molar-refractivity contribution in [2.45, 2.75) is 24.4 Å². The van der Waals surface area contributed by atoms with E-state index in [9.17, 15) is 13.3 Å². The lowest BCUT2D eigenvalue weighted by Gasteiger charge is -2.08. The van der Waals surface area contributed by atoms with Gasteiger partial charge in [0.15, 0.2) is 17.3 Å². The average Bonchev–Trinajstić information content (AvgIpc) is 2.98. The fourth-order valence-electron chi connectivity index (χ4n) is 2.24. The lowest BCUT2D eigenvalue weighted by Crippen LogP contribution is -2.08. The van der Waals surface area contributed by atoms with E-state index in [1.165, 1.54) is 19.2 Å². The average molecular weight is 367 g/mol. The summed E-state index contributed by atoms with van der Waals surface area (Å²) in [5.41, 5.74) is 2.55. The fourth-order valence-corrected chi connectivity index (χ4v) is 3.24. The summed E-state index contributed by atoms with van der Waals surface area (Å²) in [6.45, 7) is -1.06. The van der Waals surface area contributed by atoms with E-state index in [1.54, 1.807) is 12.3 Å². The molecule has 132 valence electrons. The first-order chi connectivity index (χ1) is 12.0. The van der Waals surface area contributed by atoms with Crippen LogP contribution in [-0.4, -0.2) is 33.2 Å². The highest BCUT2D eigenvalue weighted by Gasteiger charge is 2.20. The molecule has 2 heterocycles. The number of fused-ring (bicyclic) bond motifs is 1. The van der Waals surface area contributed by atoms with E-state index in [0.29, 0.717) is 16.7 Å². The summed E-state index contributed by atoms with van der Waals surface area (Å²) in [5.74, 6) is 0.195. The van der Waals surface area contributed by atoms with Crippen molar-refractivity contribution in [3.05, 3.63) is 41.7 Å². The standard InChI is InChI=1S/C16H15F2N3O3S/c1-9-3-4-10(19-7-9)8-25(22)16-20-11-5-13(23-2)14(24-15(17)18)6-12(11)21-16/h3-7,15H,8H2,1-2H3,(H,20,21). The molecule has 0 fully saturated rings. The van der Waals surface area contributed by atoms with E-state index < -0.39 is 17.8 Å². The SMILES string of the molecule is COc1cc2[nH]c([S+]([O-])Cc3ccc(C)cn3)nc2cc1OC(F)F. The largest absolute Gasteiger partial charge is 0.609 e. The molecular weight excluding hydrogens is 352 g/mol. The number of alkyl halides is 2. The summed E-state index contributed by atoms with van der Waals surface area (Å²) in [4.78, 5) is 11.3. The van der Waals surface area contributed by atoms with Gasteiger partial charge in [0.1, 0.15) is 0 Å². The van der Waals surface area contributed by atoms with Crippen LogP contribution in [-0.2, 0) is 16.9 Å². The van der Waals surface area contributed by atoms with Gasteiger partial charge in [0, 0.05) is 29.5 Å². The van der Waals surface area contributed by atoms with E-state index in [1.807, 2.05) is 13.0 Å². The van der Waals surface area contributed by atoms with Gasteiger partial charge in [-0.15, -0.1) is 0 Å². The van der Waals surface area contributed by atoms with Crippen molar-refractivity contribution in [2.24, 2.45) is 0 Å². The van der Waals surface area contributed by atoms with Crippen LogP contribution in [0.2, 0.25) is 0 Å². The monoisotopic (exact) mass is 367 g/mol. The highest BCUT2D eigenvalue weighted by Crippen LogP contribution is 2.33. The Labute approximate surface area is 145 Å². The van der Waals surface area contributed by atoms with Crippen LogP contribution >= 0.6 is 0 Å². The number of nitrogens with one attached hydrogen (secondary N) is 1. The third-order valence-corrected chi connectivity index (χ3v) is 4.61. The first-order valence-electron chi connectivity index (χ1n) is 7.28. The lowest BCUT2D eigenvalue weighted by molar-refractivity contribution is -0.0511. The number of nitrogens with zero attached hydrogens (tertiary/aromatic N) is 2. The summed E-state index contributed by atoms with van der Waals surface area (Å²) in [6.07, 6.45) is 1.70. The minimum atomic E-state index is -2.98. The molecule has 6 nitrogen and oxygen atoms in total. The summed E-state index contributed by atoms with van der Waals surface area (Å²) >= 11 is -1.46. The van der Waals surface area contributed by atoms with E-state index >= 15 is 0 Å². The second-order valence-corrected chi connectivity index (χ2v) is 6.62. The number of aromatic amines is 1. The molecule has 0 radical (unpaired) electrons. The third-order valence-electron chi connectivity index (χ3n) is 3.43. The third kappa shape index (κ3) is 3.99. The zero-order valence-electron chi connectivity index (χ0n) is 13.5. The van der Waals surface area contributed by atoms with Crippen LogP contribution in [0.1, 0.15) is 11.3 Å². The molecule has 0 saturated carbocycles. The minimum absolute atomic E-state index is 0.131. The maximum absolute atomic E-state index is 12.5. The number of imidazole rings is 1. The summed E-state index contributed by atoms with van der Waals surface area (Å²) in [7, 11) is 1.35. The predicted molar refractivity (Wildman–Crippen MR) is 88.4 cm³/mol. The summed E-state index contributed by atoms with van der Waals surface area (Å²) in [6, 6.07) is 6.48. The molecule has 3 rings (SSSR count). The number of halogens is 2. The Hall–Kier alpha value is -2.39. The van der Waals surface area contributed by atoms with Crippen molar-refractivity contribution in [3.8, 4) is 11.5 Å². The van der Waals surface area contributed by atoms with Crippen molar-refractivity contribution in [1.82, 2.24) is 15.0 Å². The van der Waals surface area contributed by atoms with Crippen molar-refractivity contribution >= 4 is 22.2 Å². The molecule has 0 amide bonds. The van der Waals surface area contributed by atoms with Crippen LogP contribution in [0.5, 0.6) is 11.5 Å². The molecule has 0 aliphatic heterocycles. The number of H-pyrrole nitrogens is 1. The maximum atomic E-state index is 12.5. The van der Waals surface area contributed by atoms with E-state index in [2.05, 4.69) is 19.7 Å². The lowest BCUT2D eigenvalue weighted by atomic mass is 10.3. The molecule has 0 saturated heterocycles. The van der Waals surface area contributed by atoms with Gasteiger partial charge < -0.3 is 14.0 Å². The zero-order valence-corrected chi connectivity index (χ0v) is 14.3. The molecule has 2 aromatic heterocycles. The smallest absolute Gasteiger partial charge is 0.387 e. The highest BCUT2D eigenvalue weighted by atomic mass is 32.2. The van der Waals surface area contributed by atoms with Gasteiger partial charge in [0.25, 0.3) is 0 Å². The quantitative estimate of drug-likeness (QED) is 0.677. The molecule has 9 heteroatoms. The molecule has 1 aromatic carbocycles. The van der Waals surface area contributed by atoms with Crippen molar-refractivity contribution in [1.29, 1.82) is 0 Å². The van der Waals surface area contributed by atoms with Gasteiger partial charge in [0.05, 0.1) is 23.8 Å².